The Hall–Kier alpha value is 0.480. The van der Waals surface area contributed by atoms with Gasteiger partial charge in [0.15, 0.2) is 0 Å². The summed E-state index contributed by atoms with van der Waals surface area (Å²) in [5, 5.41) is 17.0. The molecule has 0 atom stereocenters. The molecule has 0 aromatic rings. The van der Waals surface area contributed by atoms with Gasteiger partial charge in [0.1, 0.15) is 0 Å². The van der Waals surface area contributed by atoms with Gasteiger partial charge in [-0.15, -0.1) is 0 Å². The summed E-state index contributed by atoms with van der Waals surface area (Å²) in [6.45, 7) is 1.55. The predicted octanol–water partition coefficient (Wildman–Crippen LogP) is -0.296. The third kappa shape index (κ3) is 6.06. The van der Waals surface area contributed by atoms with E-state index in [0.717, 1.165) is 7.11 Å². The molecule has 0 heterocycles. The van der Waals surface area contributed by atoms with Crippen LogP contribution >= 0.6 is 0 Å². The fourth-order valence-electron chi connectivity index (χ4n) is 0.748. The summed E-state index contributed by atoms with van der Waals surface area (Å²) in [4.78, 5) is 20.8. The molecule has 7 heteroatoms. The van der Waals surface area contributed by atoms with Crippen LogP contribution in [-0.2, 0) is 14.3 Å². The first-order valence-electron chi connectivity index (χ1n) is 3.28. The van der Waals surface area contributed by atoms with E-state index in [1.165, 1.54) is 0 Å². The zero-order chi connectivity index (χ0) is 9.72. The minimum atomic E-state index is -1.36. The molecule has 5 nitrogen and oxygen atoms in total. The molecule has 0 bridgehead atoms. The average molecular weight is 220 g/mol. The van der Waals surface area contributed by atoms with Gasteiger partial charge in [-0.2, -0.15) is 0 Å². The van der Waals surface area contributed by atoms with Crippen molar-refractivity contribution in [3.63, 3.8) is 0 Å². The van der Waals surface area contributed by atoms with Crippen LogP contribution in [0.5, 0.6) is 0 Å². The summed E-state index contributed by atoms with van der Waals surface area (Å²) >= 11 is 0. The molecule has 2 N–H and O–H groups in total. The van der Waals surface area contributed by atoms with Crippen LogP contribution in [-0.4, -0.2) is 88.4 Å². The van der Waals surface area contributed by atoms with Gasteiger partial charge in [0.25, 0.3) is 0 Å². The van der Waals surface area contributed by atoms with E-state index in [1.807, 2.05) is 0 Å². The van der Waals surface area contributed by atoms with Crippen molar-refractivity contribution in [3.8, 4) is 0 Å². The molecule has 0 aromatic carbocycles. The third-order valence-corrected chi connectivity index (χ3v) is 1.28. The molecular weight excluding hydrogens is 210 g/mol. The van der Waals surface area contributed by atoms with Crippen LogP contribution in [0, 0.1) is 0 Å². The molecule has 0 amide bonds. The number of hydrogen-bond donors (Lipinski definition) is 2. The van der Waals surface area contributed by atoms with E-state index in [4.69, 9.17) is 10.2 Å². The molecule has 0 spiro atoms. The second kappa shape index (κ2) is 10.0. The molecular formula is C7H10Na2O5. The Kier molecular flexibility index (Phi) is 14.3. The van der Waals surface area contributed by atoms with E-state index < -0.39 is 17.7 Å². The van der Waals surface area contributed by atoms with Gasteiger partial charge in [0, 0.05) is 59.1 Å². The van der Waals surface area contributed by atoms with E-state index >= 15 is 0 Å². The van der Waals surface area contributed by atoms with Crippen molar-refractivity contribution in [1.82, 2.24) is 0 Å². The Balaban J connectivity index is -0.000000605. The number of methoxy groups -OCH3 is 1. The second-order valence-corrected chi connectivity index (χ2v) is 1.98. The molecule has 70 valence electrons. The summed E-state index contributed by atoms with van der Waals surface area (Å²) in [7, 11) is 1.13. The Labute approximate surface area is 126 Å². The normalized spacial score (nSPS) is 10.1. The number of carboxylic acid groups (broad SMARTS) is 2. The minimum absolute atomic E-state index is 0. The van der Waals surface area contributed by atoms with Gasteiger partial charge >= 0.3 is 11.9 Å². The molecule has 14 heavy (non-hydrogen) atoms. The topological polar surface area (TPSA) is 83.8 Å². The standard InChI is InChI=1S/C7H10O5.2Na/c1-3-4(6(8)9)5(12-2)7(10)11;;/h3H2,1-2H3,(H,8,9)(H,10,11);;. The first-order chi connectivity index (χ1) is 5.54. The molecule has 0 saturated heterocycles. The molecule has 0 aliphatic heterocycles. The van der Waals surface area contributed by atoms with Crippen molar-refractivity contribution in [2.45, 2.75) is 13.3 Å². The fraction of sp³-hybridized carbons (Fsp3) is 0.429. The van der Waals surface area contributed by atoms with Crippen molar-refractivity contribution >= 4 is 71.1 Å². The summed E-state index contributed by atoms with van der Waals surface area (Å²) in [6, 6.07) is 0. The molecule has 0 unspecified atom stereocenters. The molecule has 2 radical (unpaired) electrons. The monoisotopic (exact) mass is 220 g/mol. The van der Waals surface area contributed by atoms with Crippen molar-refractivity contribution in [2.24, 2.45) is 0 Å². The van der Waals surface area contributed by atoms with E-state index in [-0.39, 0.29) is 71.1 Å². The zero-order valence-corrected chi connectivity index (χ0v) is 12.8. The summed E-state index contributed by atoms with van der Waals surface area (Å²) in [6.07, 6.45) is 0.116. The van der Waals surface area contributed by atoms with Crippen molar-refractivity contribution in [3.05, 3.63) is 11.3 Å². The maximum Gasteiger partial charge on any atom is 0.371 e. The van der Waals surface area contributed by atoms with Crippen molar-refractivity contribution in [1.29, 1.82) is 0 Å². The van der Waals surface area contributed by atoms with Crippen molar-refractivity contribution in [2.75, 3.05) is 7.11 Å². The number of hydrogen-bond acceptors (Lipinski definition) is 3. The molecule has 0 aliphatic rings. The molecule has 0 saturated carbocycles. The van der Waals surface area contributed by atoms with E-state index in [9.17, 15) is 9.59 Å². The Morgan fingerprint density at radius 3 is 1.64 bits per heavy atom. The average Bonchev–Trinajstić information content (AvgIpc) is 1.98. The van der Waals surface area contributed by atoms with Gasteiger partial charge in [-0.3, -0.25) is 0 Å². The number of carboxylic acids is 2. The van der Waals surface area contributed by atoms with Crippen LogP contribution in [0.4, 0.5) is 0 Å². The van der Waals surface area contributed by atoms with Gasteiger partial charge in [-0.05, 0) is 6.42 Å². The van der Waals surface area contributed by atoms with Crippen molar-refractivity contribution < 1.29 is 24.5 Å². The first kappa shape index (κ1) is 20.0. The zero-order valence-electron chi connectivity index (χ0n) is 8.83. The minimum Gasteiger partial charge on any atom is -0.489 e. The predicted molar refractivity (Wildman–Crippen MR) is 51.1 cm³/mol. The quantitative estimate of drug-likeness (QED) is 0.386. The maximum atomic E-state index is 10.4. The van der Waals surface area contributed by atoms with Gasteiger partial charge in [0.2, 0.25) is 5.76 Å². The fourth-order valence-corrected chi connectivity index (χ4v) is 0.748. The summed E-state index contributed by atoms with van der Waals surface area (Å²) in [5.74, 6) is -3.14. The number of carbonyl (C=O) groups is 2. The molecule has 0 aliphatic carbocycles. The first-order valence-corrected chi connectivity index (χ1v) is 3.28. The largest absolute Gasteiger partial charge is 0.489 e. The van der Waals surface area contributed by atoms with Crippen LogP contribution in [0.1, 0.15) is 13.3 Å². The Bertz CT molecular complexity index is 212. The number of rotatable bonds is 4. The Morgan fingerprint density at radius 1 is 1.14 bits per heavy atom. The van der Waals surface area contributed by atoms with Gasteiger partial charge in [0.05, 0.1) is 12.7 Å². The second-order valence-electron chi connectivity index (χ2n) is 1.98. The molecule has 0 fully saturated rings. The van der Waals surface area contributed by atoms with Crippen LogP contribution in [0.3, 0.4) is 0 Å². The summed E-state index contributed by atoms with van der Waals surface area (Å²) < 4.78 is 4.43. The van der Waals surface area contributed by atoms with Gasteiger partial charge in [-0.1, -0.05) is 6.92 Å². The number of aliphatic carboxylic acids is 2. The maximum absolute atomic E-state index is 10.4. The SMILES string of the molecule is CCC(C(=O)O)=C(OC)C(=O)O.[Na].[Na]. The van der Waals surface area contributed by atoms with Gasteiger partial charge < -0.3 is 14.9 Å². The Morgan fingerprint density at radius 2 is 1.57 bits per heavy atom. The third-order valence-electron chi connectivity index (χ3n) is 1.28. The van der Waals surface area contributed by atoms with Crippen LogP contribution < -0.4 is 0 Å². The van der Waals surface area contributed by atoms with Crippen LogP contribution in [0.15, 0.2) is 11.3 Å². The van der Waals surface area contributed by atoms with E-state index in [2.05, 4.69) is 4.74 Å². The van der Waals surface area contributed by atoms with E-state index in [1.54, 1.807) is 6.92 Å². The smallest absolute Gasteiger partial charge is 0.371 e. The van der Waals surface area contributed by atoms with E-state index in [0.29, 0.717) is 0 Å². The summed E-state index contributed by atoms with van der Waals surface area (Å²) in [5.41, 5.74) is -0.231. The van der Waals surface area contributed by atoms with Crippen LogP contribution in [0.2, 0.25) is 0 Å². The van der Waals surface area contributed by atoms with Crippen LogP contribution in [0.25, 0.3) is 0 Å². The van der Waals surface area contributed by atoms with Gasteiger partial charge in [-0.25, -0.2) is 9.59 Å². The molecule has 0 aromatic heterocycles. The molecule has 0 rings (SSSR count). The number of ether oxygens (including phenoxy) is 1.